The van der Waals surface area contributed by atoms with Gasteiger partial charge in [0, 0.05) is 5.69 Å². The number of rotatable bonds is 5. The van der Waals surface area contributed by atoms with Gasteiger partial charge in [-0.1, -0.05) is 12.1 Å². The molecule has 0 saturated carbocycles. The molecular weight excluding hydrogens is 318 g/mol. The Morgan fingerprint density at radius 1 is 1.00 bits per heavy atom. The average Bonchev–Trinajstić information content (AvgIpc) is 2.36. The van der Waals surface area contributed by atoms with Gasteiger partial charge < -0.3 is 5.73 Å². The maximum atomic E-state index is 12.1. The lowest BCUT2D eigenvalue weighted by Gasteiger charge is -2.06. The summed E-state index contributed by atoms with van der Waals surface area (Å²) in [7, 11) is -8.38. The van der Waals surface area contributed by atoms with Crippen LogP contribution in [0, 0.1) is 0 Å². The third-order valence-electron chi connectivity index (χ3n) is 2.78. The van der Waals surface area contributed by atoms with Crippen molar-refractivity contribution in [3.63, 3.8) is 0 Å². The van der Waals surface area contributed by atoms with Crippen molar-refractivity contribution < 1.29 is 25.6 Å². The molecule has 0 radical (unpaired) electrons. The smallest absolute Gasteiger partial charge is 0.397 e. The van der Waals surface area contributed by atoms with Crippen LogP contribution in [-0.4, -0.2) is 33.7 Å². The van der Waals surface area contributed by atoms with Crippen molar-refractivity contribution in [3.05, 3.63) is 36.4 Å². The van der Waals surface area contributed by atoms with Crippen LogP contribution in [0.15, 0.2) is 41.3 Å². The number of hydrogen-bond donors (Lipinski definition) is 2. The molecule has 0 amide bonds. The highest BCUT2D eigenvalue weighted by Crippen LogP contribution is 2.22. The van der Waals surface area contributed by atoms with E-state index in [2.05, 4.69) is 4.18 Å². The summed E-state index contributed by atoms with van der Waals surface area (Å²) in [4.78, 5) is 0.0273. The standard InChI is InChI=1S/C12H13NO6S2/c13-11-3-1-9-2-4-12(8-10(9)7-11)20(14,15)6-5-19-21(16,17)18/h1-4,7-8H,5-6,13H2,(H,16,17,18). The minimum absolute atomic E-state index is 0.0273. The first kappa shape index (κ1) is 15.7. The molecule has 0 aromatic heterocycles. The highest BCUT2D eigenvalue weighted by atomic mass is 32.3. The molecule has 21 heavy (non-hydrogen) atoms. The predicted octanol–water partition coefficient (Wildman–Crippen LogP) is 1.02. The summed E-state index contributed by atoms with van der Waals surface area (Å²) in [5, 5.41) is 1.49. The molecule has 7 nitrogen and oxygen atoms in total. The Morgan fingerprint density at radius 2 is 1.67 bits per heavy atom. The molecule has 0 heterocycles. The fraction of sp³-hybridized carbons (Fsp3) is 0.167. The van der Waals surface area contributed by atoms with Gasteiger partial charge in [-0.15, -0.1) is 0 Å². The number of sulfone groups is 1. The van der Waals surface area contributed by atoms with Crippen LogP contribution in [0.4, 0.5) is 5.69 Å². The van der Waals surface area contributed by atoms with Gasteiger partial charge in [-0.3, -0.25) is 4.55 Å². The van der Waals surface area contributed by atoms with E-state index in [9.17, 15) is 16.8 Å². The number of nitrogen functional groups attached to an aromatic ring is 1. The lowest BCUT2D eigenvalue weighted by molar-refractivity contribution is 0.284. The molecule has 0 aliphatic carbocycles. The molecule has 9 heteroatoms. The second kappa shape index (κ2) is 5.60. The number of hydrogen-bond acceptors (Lipinski definition) is 6. The van der Waals surface area contributed by atoms with E-state index in [1.807, 2.05) is 0 Å². The molecule has 0 aliphatic heterocycles. The summed E-state index contributed by atoms with van der Waals surface area (Å²) in [6.45, 7) is -0.657. The topological polar surface area (TPSA) is 124 Å². The van der Waals surface area contributed by atoms with Crippen molar-refractivity contribution in [1.82, 2.24) is 0 Å². The van der Waals surface area contributed by atoms with Crippen molar-refractivity contribution >= 4 is 36.7 Å². The van der Waals surface area contributed by atoms with Crippen LogP contribution in [-0.2, 0) is 24.4 Å². The summed E-state index contributed by atoms with van der Waals surface area (Å²) >= 11 is 0. The second-order valence-electron chi connectivity index (χ2n) is 4.34. The lowest BCUT2D eigenvalue weighted by atomic mass is 10.1. The maximum Gasteiger partial charge on any atom is 0.397 e. The molecule has 2 rings (SSSR count). The molecule has 2 aromatic carbocycles. The largest absolute Gasteiger partial charge is 0.399 e. The van der Waals surface area contributed by atoms with Crippen LogP contribution >= 0.6 is 0 Å². The Morgan fingerprint density at radius 3 is 2.33 bits per heavy atom. The van der Waals surface area contributed by atoms with Gasteiger partial charge in [0.25, 0.3) is 0 Å². The number of anilines is 1. The molecule has 0 fully saturated rings. The molecule has 114 valence electrons. The van der Waals surface area contributed by atoms with E-state index in [1.54, 1.807) is 24.3 Å². The second-order valence-corrected chi connectivity index (χ2v) is 7.54. The number of benzene rings is 2. The lowest BCUT2D eigenvalue weighted by Crippen LogP contribution is -2.15. The van der Waals surface area contributed by atoms with E-state index in [0.29, 0.717) is 11.1 Å². The minimum Gasteiger partial charge on any atom is -0.399 e. The summed E-state index contributed by atoms with van der Waals surface area (Å²) in [6.07, 6.45) is 0. The maximum absolute atomic E-state index is 12.1. The highest BCUT2D eigenvalue weighted by Gasteiger charge is 2.16. The van der Waals surface area contributed by atoms with E-state index < -0.39 is 32.6 Å². The van der Waals surface area contributed by atoms with Crippen molar-refractivity contribution in [2.45, 2.75) is 4.90 Å². The Labute approximate surface area is 122 Å². The van der Waals surface area contributed by atoms with E-state index in [0.717, 1.165) is 5.39 Å². The molecule has 0 saturated heterocycles. The van der Waals surface area contributed by atoms with Gasteiger partial charge >= 0.3 is 10.4 Å². The Balaban J connectivity index is 2.27. The van der Waals surface area contributed by atoms with Gasteiger partial charge in [0.15, 0.2) is 9.84 Å². The third kappa shape index (κ3) is 4.14. The van der Waals surface area contributed by atoms with Crippen LogP contribution in [0.3, 0.4) is 0 Å². The van der Waals surface area contributed by atoms with E-state index in [-0.39, 0.29) is 4.90 Å². The molecule has 3 N–H and O–H groups in total. The molecule has 0 spiro atoms. The molecule has 2 aromatic rings. The zero-order valence-electron chi connectivity index (χ0n) is 10.8. The highest BCUT2D eigenvalue weighted by molar-refractivity contribution is 7.91. The van der Waals surface area contributed by atoms with Crippen LogP contribution in [0.1, 0.15) is 0 Å². The van der Waals surface area contributed by atoms with E-state index >= 15 is 0 Å². The summed E-state index contributed by atoms with van der Waals surface area (Å²) in [6, 6.07) is 9.61. The van der Waals surface area contributed by atoms with Crippen molar-refractivity contribution in [2.24, 2.45) is 0 Å². The normalized spacial score (nSPS) is 12.6. The third-order valence-corrected chi connectivity index (χ3v) is 4.92. The fourth-order valence-electron chi connectivity index (χ4n) is 1.80. The first-order chi connectivity index (χ1) is 9.67. The van der Waals surface area contributed by atoms with Gasteiger partial charge in [0.05, 0.1) is 17.3 Å². The summed E-state index contributed by atoms with van der Waals surface area (Å²) in [5.74, 6) is -0.569. The number of nitrogens with two attached hydrogens (primary N) is 1. The summed E-state index contributed by atoms with van der Waals surface area (Å²) in [5.41, 5.74) is 6.15. The molecule has 0 unspecified atom stereocenters. The molecule has 0 bridgehead atoms. The molecule has 0 aliphatic rings. The van der Waals surface area contributed by atoms with Crippen LogP contribution in [0.2, 0.25) is 0 Å². The van der Waals surface area contributed by atoms with Gasteiger partial charge in [-0.25, -0.2) is 12.6 Å². The fourth-order valence-corrected chi connectivity index (χ4v) is 3.32. The minimum atomic E-state index is -4.65. The zero-order chi connectivity index (χ0) is 15.7. The van der Waals surface area contributed by atoms with Crippen LogP contribution in [0.5, 0.6) is 0 Å². The van der Waals surface area contributed by atoms with Gasteiger partial charge in [0.2, 0.25) is 0 Å². The van der Waals surface area contributed by atoms with Crippen LogP contribution < -0.4 is 5.73 Å². The summed E-state index contributed by atoms with van der Waals surface area (Å²) < 4.78 is 57.3. The van der Waals surface area contributed by atoms with Crippen molar-refractivity contribution in [3.8, 4) is 0 Å². The number of fused-ring (bicyclic) bond motifs is 1. The zero-order valence-corrected chi connectivity index (χ0v) is 12.4. The quantitative estimate of drug-likeness (QED) is 0.619. The Kier molecular flexibility index (Phi) is 4.19. The van der Waals surface area contributed by atoms with E-state index in [1.165, 1.54) is 12.1 Å². The first-order valence-corrected chi connectivity index (χ1v) is 8.83. The predicted molar refractivity (Wildman–Crippen MR) is 77.9 cm³/mol. The van der Waals surface area contributed by atoms with Crippen molar-refractivity contribution in [1.29, 1.82) is 0 Å². The average molecular weight is 331 g/mol. The Bertz CT molecular complexity index is 874. The van der Waals surface area contributed by atoms with Gasteiger partial charge in [-0.2, -0.15) is 8.42 Å². The van der Waals surface area contributed by atoms with Gasteiger partial charge in [0.1, 0.15) is 0 Å². The van der Waals surface area contributed by atoms with Crippen LogP contribution in [0.25, 0.3) is 10.8 Å². The molecular formula is C12H13NO6S2. The molecule has 0 atom stereocenters. The Hall–Kier alpha value is -1.68. The van der Waals surface area contributed by atoms with Gasteiger partial charge in [-0.05, 0) is 35.0 Å². The van der Waals surface area contributed by atoms with E-state index in [4.69, 9.17) is 10.3 Å². The SMILES string of the molecule is Nc1ccc2ccc(S(=O)(=O)CCOS(=O)(=O)O)cc2c1. The first-order valence-electron chi connectivity index (χ1n) is 5.81. The monoisotopic (exact) mass is 331 g/mol. The van der Waals surface area contributed by atoms with Crippen molar-refractivity contribution in [2.75, 3.05) is 18.1 Å².